The largest absolute Gasteiger partial charge is 0.444 e. The zero-order valence-electron chi connectivity index (χ0n) is 19.5. The molecule has 0 saturated heterocycles. The number of hydrogen-bond acceptors (Lipinski definition) is 5. The van der Waals surface area contributed by atoms with Gasteiger partial charge in [-0.05, 0) is 83.7 Å². The molecule has 0 radical (unpaired) electrons. The van der Waals surface area contributed by atoms with E-state index in [-0.39, 0.29) is 5.96 Å². The van der Waals surface area contributed by atoms with Gasteiger partial charge in [-0.2, -0.15) is 0 Å². The Morgan fingerprint density at radius 1 is 1.10 bits per heavy atom. The number of rotatable bonds is 1. The minimum absolute atomic E-state index is 0.104. The first-order valence-electron chi connectivity index (χ1n) is 10.4. The van der Waals surface area contributed by atoms with Crippen LogP contribution in [0.2, 0.25) is 0 Å². The highest BCUT2D eigenvalue weighted by molar-refractivity contribution is 5.99. The number of nitrogens with two attached hydrogens (primary N) is 1. The Balaban J connectivity index is 2.21. The second kappa shape index (κ2) is 9.41. The van der Waals surface area contributed by atoms with Gasteiger partial charge in [0.1, 0.15) is 11.2 Å². The molecule has 1 heterocycles. The summed E-state index contributed by atoms with van der Waals surface area (Å²) < 4.78 is 10.6. The fraction of sp³-hybridized carbons (Fsp3) is 0.522. The summed E-state index contributed by atoms with van der Waals surface area (Å²) in [6, 6.07) is 5.96. The molecule has 0 unspecified atom stereocenters. The highest BCUT2D eigenvalue weighted by Crippen LogP contribution is 2.25. The second-order valence-electron chi connectivity index (χ2n) is 9.54. The van der Waals surface area contributed by atoms with Crippen molar-refractivity contribution in [3.05, 3.63) is 35.4 Å². The summed E-state index contributed by atoms with van der Waals surface area (Å²) in [7, 11) is 0. The molecule has 31 heavy (non-hydrogen) atoms. The lowest BCUT2D eigenvalue weighted by Crippen LogP contribution is -2.48. The van der Waals surface area contributed by atoms with Gasteiger partial charge in [-0.3, -0.25) is 5.32 Å². The van der Waals surface area contributed by atoms with E-state index in [2.05, 4.69) is 22.5 Å². The van der Waals surface area contributed by atoms with Crippen molar-refractivity contribution in [3.8, 4) is 0 Å². The third-order valence-corrected chi connectivity index (χ3v) is 4.35. The molecule has 0 bridgehead atoms. The summed E-state index contributed by atoms with van der Waals surface area (Å²) in [5, 5.41) is 2.60. The standard InChI is InChI=1S/C23H34N4O4/c1-15-14-17(8-9-18(15)24)16-10-12-27(13-11-16)19(25-20(28)30-22(2,3)4)26-21(29)31-23(5,6)7/h8-10,14H,11-13,24H2,1-7H3,(H,25,26,28,29). The van der Waals surface area contributed by atoms with Crippen LogP contribution in [0.4, 0.5) is 15.3 Å². The van der Waals surface area contributed by atoms with E-state index in [0.717, 1.165) is 16.8 Å². The highest BCUT2D eigenvalue weighted by Gasteiger charge is 2.24. The number of carbonyl (C=O) groups excluding carboxylic acids is 2. The summed E-state index contributed by atoms with van der Waals surface area (Å²) in [4.78, 5) is 30.4. The third kappa shape index (κ3) is 7.96. The Bertz CT molecular complexity index is 892. The molecule has 2 amide bonds. The average Bonchev–Trinajstić information content (AvgIpc) is 2.60. The molecule has 0 aliphatic carbocycles. The van der Waals surface area contributed by atoms with Gasteiger partial charge >= 0.3 is 12.2 Å². The summed E-state index contributed by atoms with van der Waals surface area (Å²) in [6.07, 6.45) is 1.31. The number of alkyl carbamates (subject to hydrolysis) is 1. The second-order valence-corrected chi connectivity index (χ2v) is 9.54. The number of nitrogens with zero attached hydrogens (tertiary/aromatic N) is 2. The van der Waals surface area contributed by atoms with Gasteiger partial charge in [0.05, 0.1) is 0 Å². The maximum Gasteiger partial charge on any atom is 0.437 e. The van der Waals surface area contributed by atoms with E-state index in [9.17, 15) is 9.59 Å². The Morgan fingerprint density at radius 2 is 1.74 bits per heavy atom. The average molecular weight is 431 g/mol. The van der Waals surface area contributed by atoms with Crippen LogP contribution < -0.4 is 11.1 Å². The summed E-state index contributed by atoms with van der Waals surface area (Å²) in [5.74, 6) is 0.104. The SMILES string of the molecule is Cc1cc(C2=CCN(/C(=N/C(=O)OC(C)(C)C)NC(=O)OC(C)(C)C)CC2)ccc1N. The number of carbonyl (C=O) groups is 2. The molecule has 8 nitrogen and oxygen atoms in total. The number of guanidine groups is 1. The molecule has 0 saturated carbocycles. The van der Waals surface area contributed by atoms with Crippen LogP contribution in [-0.4, -0.2) is 47.3 Å². The molecule has 0 aromatic heterocycles. The van der Waals surface area contributed by atoms with Crippen molar-refractivity contribution in [1.82, 2.24) is 10.2 Å². The van der Waals surface area contributed by atoms with Gasteiger partial charge in [0.2, 0.25) is 5.96 Å². The van der Waals surface area contributed by atoms with Gasteiger partial charge in [0.25, 0.3) is 0 Å². The highest BCUT2D eigenvalue weighted by atomic mass is 16.6. The topological polar surface area (TPSA) is 106 Å². The molecule has 170 valence electrons. The first kappa shape index (κ1) is 24.2. The summed E-state index contributed by atoms with van der Waals surface area (Å²) in [5.41, 5.74) is 8.62. The van der Waals surface area contributed by atoms with Crippen molar-refractivity contribution < 1.29 is 19.1 Å². The fourth-order valence-corrected chi connectivity index (χ4v) is 2.94. The van der Waals surface area contributed by atoms with Gasteiger partial charge in [-0.25, -0.2) is 9.59 Å². The predicted molar refractivity (Wildman–Crippen MR) is 123 cm³/mol. The molecule has 2 rings (SSSR count). The smallest absolute Gasteiger partial charge is 0.437 e. The van der Waals surface area contributed by atoms with Crippen LogP contribution in [0.1, 0.15) is 59.1 Å². The minimum Gasteiger partial charge on any atom is -0.444 e. The third-order valence-electron chi connectivity index (χ3n) is 4.35. The normalized spacial score (nSPS) is 15.3. The molecule has 1 aliphatic heterocycles. The van der Waals surface area contributed by atoms with E-state index in [1.807, 2.05) is 24.0 Å². The Morgan fingerprint density at radius 3 is 2.26 bits per heavy atom. The van der Waals surface area contributed by atoms with E-state index in [4.69, 9.17) is 15.2 Å². The van der Waals surface area contributed by atoms with Crippen molar-refractivity contribution in [1.29, 1.82) is 0 Å². The number of aryl methyl sites for hydroxylation is 1. The van der Waals surface area contributed by atoms with E-state index < -0.39 is 23.4 Å². The number of amides is 2. The Hall–Kier alpha value is -3.03. The minimum atomic E-state index is -0.775. The molecule has 1 aromatic rings. The number of hydrogen-bond donors (Lipinski definition) is 2. The maximum atomic E-state index is 12.3. The van der Waals surface area contributed by atoms with Crippen LogP contribution >= 0.6 is 0 Å². The number of ether oxygens (including phenoxy) is 2. The zero-order valence-corrected chi connectivity index (χ0v) is 19.5. The van der Waals surface area contributed by atoms with Gasteiger partial charge in [-0.15, -0.1) is 4.99 Å². The molecule has 8 heteroatoms. The van der Waals surface area contributed by atoms with E-state index in [1.165, 1.54) is 5.57 Å². The number of nitrogen functional groups attached to an aromatic ring is 1. The molecule has 3 N–H and O–H groups in total. The van der Waals surface area contributed by atoms with Crippen LogP contribution in [-0.2, 0) is 9.47 Å². The lowest BCUT2D eigenvalue weighted by atomic mass is 9.97. The molecule has 0 atom stereocenters. The van der Waals surface area contributed by atoms with Gasteiger partial charge in [-0.1, -0.05) is 12.1 Å². The quantitative estimate of drug-likeness (QED) is 0.386. The molecular weight excluding hydrogens is 396 g/mol. The molecule has 1 aromatic carbocycles. The van der Waals surface area contributed by atoms with Crippen molar-refractivity contribution >= 4 is 29.4 Å². The van der Waals surface area contributed by atoms with Crippen LogP contribution in [0, 0.1) is 6.92 Å². The summed E-state index contributed by atoms with van der Waals surface area (Å²) in [6.45, 7) is 13.6. The van der Waals surface area contributed by atoms with Gasteiger partial charge < -0.3 is 20.1 Å². The summed E-state index contributed by atoms with van der Waals surface area (Å²) >= 11 is 0. The van der Waals surface area contributed by atoms with E-state index >= 15 is 0 Å². The van der Waals surface area contributed by atoms with Crippen LogP contribution in [0.3, 0.4) is 0 Å². The lowest BCUT2D eigenvalue weighted by molar-refractivity contribution is 0.0555. The molecular formula is C23H34N4O4. The Labute approximate surface area is 184 Å². The van der Waals surface area contributed by atoms with Crippen LogP contribution in [0.15, 0.2) is 29.3 Å². The lowest BCUT2D eigenvalue weighted by Gasteiger charge is -2.30. The molecule has 0 spiro atoms. The van der Waals surface area contributed by atoms with E-state index in [0.29, 0.717) is 19.5 Å². The number of aliphatic imine (C=N–C) groups is 1. The fourth-order valence-electron chi connectivity index (χ4n) is 2.94. The number of nitrogens with one attached hydrogen (secondary N) is 1. The van der Waals surface area contributed by atoms with E-state index in [1.54, 1.807) is 41.5 Å². The van der Waals surface area contributed by atoms with Crippen molar-refractivity contribution in [2.45, 2.75) is 66.1 Å². The number of anilines is 1. The molecule has 0 fully saturated rings. The van der Waals surface area contributed by atoms with Crippen LogP contribution in [0.5, 0.6) is 0 Å². The van der Waals surface area contributed by atoms with Gasteiger partial charge in [0.15, 0.2) is 0 Å². The van der Waals surface area contributed by atoms with Gasteiger partial charge in [0, 0.05) is 18.8 Å². The van der Waals surface area contributed by atoms with Crippen molar-refractivity contribution in [2.24, 2.45) is 4.99 Å². The first-order chi connectivity index (χ1) is 14.2. The molecule has 1 aliphatic rings. The van der Waals surface area contributed by atoms with Crippen molar-refractivity contribution in [3.63, 3.8) is 0 Å². The van der Waals surface area contributed by atoms with Crippen LogP contribution in [0.25, 0.3) is 5.57 Å². The number of benzene rings is 1. The maximum absolute atomic E-state index is 12.3. The first-order valence-corrected chi connectivity index (χ1v) is 10.4. The predicted octanol–water partition coefficient (Wildman–Crippen LogP) is 4.48. The van der Waals surface area contributed by atoms with Crippen molar-refractivity contribution in [2.75, 3.05) is 18.8 Å². The Kier molecular flexibility index (Phi) is 7.36. The zero-order chi connectivity index (χ0) is 23.4. The monoisotopic (exact) mass is 430 g/mol.